The first-order valence-electron chi connectivity index (χ1n) is 8.05. The molecule has 1 atom stereocenters. The van der Waals surface area contributed by atoms with Crippen molar-refractivity contribution in [1.29, 1.82) is 0 Å². The summed E-state index contributed by atoms with van der Waals surface area (Å²) in [7, 11) is 0. The van der Waals surface area contributed by atoms with Crippen molar-refractivity contribution in [3.63, 3.8) is 0 Å². The number of nitrogens with one attached hydrogen (secondary N) is 2. The van der Waals surface area contributed by atoms with Gasteiger partial charge in [-0.3, -0.25) is 4.79 Å². The van der Waals surface area contributed by atoms with Gasteiger partial charge in [0.1, 0.15) is 18.2 Å². The van der Waals surface area contributed by atoms with E-state index in [0.29, 0.717) is 17.0 Å². The van der Waals surface area contributed by atoms with E-state index in [2.05, 4.69) is 17.2 Å². The number of rotatable bonds is 4. The average molecular weight is 378 g/mol. The Bertz CT molecular complexity index is 727. The molecular formula is C18H22N2O5S. The van der Waals surface area contributed by atoms with Gasteiger partial charge in [-0.1, -0.05) is 12.7 Å². The maximum Gasteiger partial charge on any atom is 0.408 e. The summed E-state index contributed by atoms with van der Waals surface area (Å²) in [5.74, 6) is -0.531. The number of benzene rings is 1. The maximum absolute atomic E-state index is 12.4. The van der Waals surface area contributed by atoms with Crippen LogP contribution in [0.15, 0.2) is 35.7 Å². The van der Waals surface area contributed by atoms with E-state index in [1.807, 2.05) is 0 Å². The molecule has 0 radical (unpaired) electrons. The van der Waals surface area contributed by atoms with Crippen LogP contribution in [-0.4, -0.2) is 42.0 Å². The molecule has 1 unspecified atom stereocenters. The molecule has 0 bridgehead atoms. The van der Waals surface area contributed by atoms with Gasteiger partial charge in [-0.05, 0) is 39.0 Å². The number of alkyl carbamates (subject to hydrolysis) is 1. The lowest BCUT2D eigenvalue weighted by Gasteiger charge is -2.22. The molecule has 0 saturated heterocycles. The van der Waals surface area contributed by atoms with Crippen LogP contribution in [0.3, 0.4) is 0 Å². The lowest BCUT2D eigenvalue weighted by atomic mass is 10.2. The van der Waals surface area contributed by atoms with Crippen LogP contribution in [0, 0.1) is 0 Å². The molecule has 2 N–H and O–H groups in total. The van der Waals surface area contributed by atoms with Gasteiger partial charge < -0.3 is 20.1 Å². The number of hydrogen-bond acceptors (Lipinski definition) is 6. The Labute approximate surface area is 156 Å². The van der Waals surface area contributed by atoms with E-state index in [1.54, 1.807) is 39.0 Å². The van der Waals surface area contributed by atoms with Crippen molar-refractivity contribution in [2.75, 3.05) is 17.7 Å². The molecule has 140 valence electrons. The summed E-state index contributed by atoms with van der Waals surface area (Å²) >= 11 is 1.40. The highest BCUT2D eigenvalue weighted by Crippen LogP contribution is 2.32. The first-order chi connectivity index (χ1) is 12.2. The van der Waals surface area contributed by atoms with Crippen LogP contribution < -0.4 is 10.6 Å². The minimum atomic E-state index is -0.751. The molecule has 1 aliphatic rings. The largest absolute Gasteiger partial charge is 0.458 e. The highest BCUT2D eigenvalue weighted by molar-refractivity contribution is 7.99. The summed E-state index contributed by atoms with van der Waals surface area (Å²) in [5.41, 5.74) is 0.175. The molecule has 0 spiro atoms. The third kappa shape index (κ3) is 5.52. The van der Waals surface area contributed by atoms with Gasteiger partial charge in [0.2, 0.25) is 5.91 Å². The van der Waals surface area contributed by atoms with Crippen molar-refractivity contribution in [3.8, 4) is 0 Å². The standard InChI is InChI=1S/C18H22N2O5S/c1-5-8-24-16(22)11-6-7-14-12(9-11)19-15(21)13(10-26-14)20-17(23)25-18(2,3)4/h5-7,9,13H,1,8,10H2,2-4H3,(H,19,21)(H,20,23). The monoisotopic (exact) mass is 378 g/mol. The molecule has 0 fully saturated rings. The predicted molar refractivity (Wildman–Crippen MR) is 99.4 cm³/mol. The van der Waals surface area contributed by atoms with Gasteiger partial charge in [0.05, 0.1) is 11.3 Å². The minimum absolute atomic E-state index is 0.110. The van der Waals surface area contributed by atoms with Crippen molar-refractivity contribution in [3.05, 3.63) is 36.4 Å². The third-order valence-electron chi connectivity index (χ3n) is 3.22. The van der Waals surface area contributed by atoms with Crippen LogP contribution in [0.25, 0.3) is 0 Å². The normalized spacial score (nSPS) is 16.6. The maximum atomic E-state index is 12.4. The Kier molecular flexibility index (Phi) is 6.31. The highest BCUT2D eigenvalue weighted by Gasteiger charge is 2.28. The van der Waals surface area contributed by atoms with Crippen LogP contribution in [0.4, 0.5) is 10.5 Å². The van der Waals surface area contributed by atoms with Crippen LogP contribution >= 0.6 is 11.8 Å². The number of carbonyl (C=O) groups excluding carboxylic acids is 3. The lowest BCUT2D eigenvalue weighted by molar-refractivity contribution is -0.117. The second-order valence-corrected chi connectivity index (χ2v) is 7.66. The molecule has 1 heterocycles. The summed E-state index contributed by atoms with van der Waals surface area (Å²) in [6.45, 7) is 8.84. The molecule has 0 aliphatic carbocycles. The van der Waals surface area contributed by atoms with Crippen molar-refractivity contribution < 1.29 is 23.9 Å². The molecule has 7 nitrogen and oxygen atoms in total. The lowest BCUT2D eigenvalue weighted by Crippen LogP contribution is -2.46. The van der Waals surface area contributed by atoms with Crippen LogP contribution in [0.5, 0.6) is 0 Å². The van der Waals surface area contributed by atoms with E-state index in [4.69, 9.17) is 9.47 Å². The van der Waals surface area contributed by atoms with Crippen molar-refractivity contribution in [1.82, 2.24) is 5.32 Å². The van der Waals surface area contributed by atoms with E-state index < -0.39 is 23.7 Å². The quantitative estimate of drug-likeness (QED) is 0.618. The zero-order valence-electron chi connectivity index (χ0n) is 15.0. The van der Waals surface area contributed by atoms with Gasteiger partial charge in [-0.25, -0.2) is 9.59 Å². The van der Waals surface area contributed by atoms with Gasteiger partial charge in [0.15, 0.2) is 0 Å². The van der Waals surface area contributed by atoms with Gasteiger partial charge in [-0.15, -0.1) is 11.8 Å². The predicted octanol–water partition coefficient (Wildman–Crippen LogP) is 2.97. The van der Waals surface area contributed by atoms with E-state index in [0.717, 1.165) is 4.90 Å². The number of fused-ring (bicyclic) bond motifs is 1. The van der Waals surface area contributed by atoms with Crippen molar-refractivity contribution >= 4 is 35.4 Å². The summed E-state index contributed by atoms with van der Waals surface area (Å²) < 4.78 is 10.2. The zero-order valence-corrected chi connectivity index (χ0v) is 15.8. The second-order valence-electron chi connectivity index (χ2n) is 6.60. The van der Waals surface area contributed by atoms with Crippen molar-refractivity contribution in [2.24, 2.45) is 0 Å². The molecule has 0 aromatic heterocycles. The summed E-state index contributed by atoms with van der Waals surface area (Å²) in [6, 6.07) is 4.17. The first-order valence-corrected chi connectivity index (χ1v) is 9.03. The smallest absolute Gasteiger partial charge is 0.408 e. The zero-order chi connectivity index (χ0) is 19.3. The number of ether oxygens (including phenoxy) is 2. The number of thioether (sulfide) groups is 1. The number of hydrogen-bond donors (Lipinski definition) is 2. The van der Waals surface area contributed by atoms with Gasteiger partial charge >= 0.3 is 12.1 Å². The summed E-state index contributed by atoms with van der Waals surface area (Å²) in [5, 5.41) is 5.30. The number of carbonyl (C=O) groups is 3. The Hall–Kier alpha value is -2.48. The summed E-state index contributed by atoms with van der Waals surface area (Å²) in [4.78, 5) is 37.1. The average Bonchev–Trinajstić information content (AvgIpc) is 2.69. The Morgan fingerprint density at radius 2 is 2.15 bits per heavy atom. The van der Waals surface area contributed by atoms with Gasteiger partial charge in [-0.2, -0.15) is 0 Å². The summed E-state index contributed by atoms with van der Waals surface area (Å²) in [6.07, 6.45) is 0.823. The number of esters is 1. The van der Waals surface area contributed by atoms with Crippen LogP contribution in [-0.2, 0) is 14.3 Å². The van der Waals surface area contributed by atoms with E-state index in [-0.39, 0.29) is 12.5 Å². The van der Waals surface area contributed by atoms with Crippen LogP contribution in [0.1, 0.15) is 31.1 Å². The van der Waals surface area contributed by atoms with Crippen LogP contribution in [0.2, 0.25) is 0 Å². The molecule has 2 rings (SSSR count). The Morgan fingerprint density at radius 3 is 2.81 bits per heavy atom. The molecule has 8 heteroatoms. The van der Waals surface area contributed by atoms with E-state index in [1.165, 1.54) is 17.8 Å². The van der Waals surface area contributed by atoms with E-state index >= 15 is 0 Å². The van der Waals surface area contributed by atoms with E-state index in [9.17, 15) is 14.4 Å². The molecule has 1 aromatic rings. The molecule has 26 heavy (non-hydrogen) atoms. The van der Waals surface area contributed by atoms with Gasteiger partial charge in [0, 0.05) is 10.6 Å². The number of amides is 2. The fraction of sp³-hybridized carbons (Fsp3) is 0.389. The SMILES string of the molecule is C=CCOC(=O)c1ccc2c(c1)NC(=O)C(NC(=O)OC(C)(C)C)CS2. The second kappa shape index (κ2) is 8.27. The number of anilines is 1. The highest BCUT2D eigenvalue weighted by atomic mass is 32.2. The fourth-order valence-electron chi connectivity index (χ4n) is 2.12. The fourth-order valence-corrected chi connectivity index (χ4v) is 3.13. The molecule has 1 aromatic carbocycles. The van der Waals surface area contributed by atoms with Crippen molar-refractivity contribution in [2.45, 2.75) is 37.3 Å². The first kappa shape index (κ1) is 19.8. The third-order valence-corrected chi connectivity index (χ3v) is 4.39. The van der Waals surface area contributed by atoms with Gasteiger partial charge in [0.25, 0.3) is 0 Å². The topological polar surface area (TPSA) is 93.7 Å². The Balaban J connectivity index is 2.08. The molecule has 1 aliphatic heterocycles. The Morgan fingerprint density at radius 1 is 1.42 bits per heavy atom. The molecule has 0 saturated carbocycles. The minimum Gasteiger partial charge on any atom is -0.458 e. The molecular weight excluding hydrogens is 356 g/mol. The molecule has 2 amide bonds.